The molecule has 1 saturated heterocycles. The summed E-state index contributed by atoms with van der Waals surface area (Å²) in [5, 5.41) is 0. The summed E-state index contributed by atoms with van der Waals surface area (Å²) in [4.78, 5) is 17.1. The van der Waals surface area contributed by atoms with E-state index in [0.29, 0.717) is 11.8 Å². The molecule has 0 bridgehead atoms. The monoisotopic (exact) mass is 456 g/mol. The number of carbonyl (C=O) groups excluding carboxylic acids is 1. The summed E-state index contributed by atoms with van der Waals surface area (Å²) < 4.78 is 5.51. The van der Waals surface area contributed by atoms with Gasteiger partial charge >= 0.3 is 0 Å². The molecule has 5 heteroatoms. The first-order valence-electron chi connectivity index (χ1n) is 11.5. The molecule has 0 aromatic heterocycles. The van der Waals surface area contributed by atoms with Gasteiger partial charge in [0.15, 0.2) is 0 Å². The lowest BCUT2D eigenvalue weighted by Crippen LogP contribution is -2.36. The van der Waals surface area contributed by atoms with E-state index in [1.54, 1.807) is 7.11 Å². The highest BCUT2D eigenvalue weighted by Gasteiger charge is 2.29. The first kappa shape index (κ1) is 26.0. The van der Waals surface area contributed by atoms with Crippen molar-refractivity contribution in [2.45, 2.75) is 32.6 Å². The Bertz CT molecular complexity index is 856. The van der Waals surface area contributed by atoms with Crippen LogP contribution in [0.4, 0.5) is 0 Å². The lowest BCUT2D eigenvalue weighted by atomic mass is 9.76. The van der Waals surface area contributed by atoms with E-state index in [1.807, 2.05) is 43.0 Å². The Morgan fingerprint density at radius 3 is 2.34 bits per heavy atom. The number of ether oxygens (including phenoxy) is 1. The third kappa shape index (κ3) is 6.14. The van der Waals surface area contributed by atoms with Crippen LogP contribution >= 0.6 is 12.4 Å². The highest BCUT2D eigenvalue weighted by Crippen LogP contribution is 2.39. The summed E-state index contributed by atoms with van der Waals surface area (Å²) in [6.07, 6.45) is 4.29. The summed E-state index contributed by atoms with van der Waals surface area (Å²) in [7, 11) is 1.72. The van der Waals surface area contributed by atoms with Crippen molar-refractivity contribution in [3.05, 3.63) is 77.9 Å². The first-order valence-corrected chi connectivity index (χ1v) is 11.5. The molecule has 0 N–H and O–H groups in total. The number of piperidine rings is 1. The van der Waals surface area contributed by atoms with Crippen LogP contribution in [0, 0.1) is 5.92 Å². The molecule has 1 atom stereocenters. The van der Waals surface area contributed by atoms with Crippen molar-refractivity contribution in [1.29, 1.82) is 0 Å². The normalized spacial score (nSPS) is 15.5. The van der Waals surface area contributed by atoms with E-state index >= 15 is 0 Å². The lowest BCUT2D eigenvalue weighted by Gasteiger charge is -2.36. The number of halogens is 1. The van der Waals surface area contributed by atoms with Crippen molar-refractivity contribution in [3.8, 4) is 5.75 Å². The molecule has 1 fully saturated rings. The number of hydrogen-bond donors (Lipinski definition) is 0. The predicted octanol–water partition coefficient (Wildman–Crippen LogP) is 5.63. The van der Waals surface area contributed by atoms with Gasteiger partial charge in [-0.15, -0.1) is 19.0 Å². The molecule has 174 valence electrons. The second kappa shape index (κ2) is 12.7. The minimum absolute atomic E-state index is 0. The zero-order valence-corrected chi connectivity index (χ0v) is 20.4. The van der Waals surface area contributed by atoms with Crippen molar-refractivity contribution >= 4 is 18.3 Å². The maximum atomic E-state index is 12.7. The highest BCUT2D eigenvalue weighted by atomic mass is 35.5. The number of methoxy groups -OCH3 is 1. The Morgan fingerprint density at radius 1 is 1.12 bits per heavy atom. The molecule has 1 aliphatic heterocycles. The highest BCUT2D eigenvalue weighted by molar-refractivity contribution is 5.94. The number of likely N-dealkylation sites (tertiary alicyclic amines) is 1. The molecule has 0 radical (unpaired) electrons. The number of carbonyl (C=O) groups is 1. The number of benzene rings is 2. The minimum Gasteiger partial charge on any atom is -0.497 e. The van der Waals surface area contributed by atoms with Gasteiger partial charge in [-0.3, -0.25) is 9.69 Å². The Morgan fingerprint density at radius 2 is 1.78 bits per heavy atom. The Balaban J connectivity index is 0.00000363. The molecule has 0 spiro atoms. The zero-order valence-electron chi connectivity index (χ0n) is 19.6. The van der Waals surface area contributed by atoms with Crippen LogP contribution in [0.25, 0.3) is 0 Å². The van der Waals surface area contributed by atoms with Gasteiger partial charge in [-0.05, 0) is 81.1 Å². The third-order valence-electron chi connectivity index (χ3n) is 6.51. The Labute approximate surface area is 199 Å². The standard InChI is InChI=1S/C27H36N2O2.ClH/c1-5-17-28-18-15-22(16-19-28)26(24-9-8-10-25(20-24)31-4)21-11-13-23(14-12-21)27(30)29(6-2)7-3;/h5,8-14,20,22,26H,1,6-7,15-19H2,2-4H3;1H. The molecule has 2 aromatic carbocycles. The molecule has 2 aromatic rings. The van der Waals surface area contributed by atoms with Crippen LogP contribution in [0.1, 0.15) is 54.1 Å². The summed E-state index contributed by atoms with van der Waals surface area (Å²) in [5.74, 6) is 1.84. The lowest BCUT2D eigenvalue weighted by molar-refractivity contribution is 0.0773. The molecule has 3 rings (SSSR count). The van der Waals surface area contributed by atoms with Gasteiger partial charge in [0, 0.05) is 31.1 Å². The molecule has 1 amide bonds. The number of amides is 1. The van der Waals surface area contributed by atoms with Crippen LogP contribution in [-0.2, 0) is 0 Å². The molecule has 4 nitrogen and oxygen atoms in total. The fraction of sp³-hybridized carbons (Fsp3) is 0.444. The molecule has 0 saturated carbocycles. The summed E-state index contributed by atoms with van der Waals surface area (Å²) in [5.41, 5.74) is 3.31. The van der Waals surface area contributed by atoms with Crippen molar-refractivity contribution in [2.75, 3.05) is 39.8 Å². The fourth-order valence-electron chi connectivity index (χ4n) is 4.75. The fourth-order valence-corrected chi connectivity index (χ4v) is 4.75. The third-order valence-corrected chi connectivity index (χ3v) is 6.51. The van der Waals surface area contributed by atoms with E-state index < -0.39 is 0 Å². The van der Waals surface area contributed by atoms with Gasteiger partial charge in [0.1, 0.15) is 5.75 Å². The van der Waals surface area contributed by atoms with Crippen LogP contribution in [0.15, 0.2) is 61.2 Å². The Hall–Kier alpha value is -2.30. The van der Waals surface area contributed by atoms with E-state index in [-0.39, 0.29) is 18.3 Å². The van der Waals surface area contributed by atoms with Gasteiger partial charge in [0.25, 0.3) is 5.91 Å². The van der Waals surface area contributed by atoms with E-state index in [2.05, 4.69) is 41.8 Å². The van der Waals surface area contributed by atoms with Crippen LogP contribution in [0.2, 0.25) is 0 Å². The second-order valence-corrected chi connectivity index (χ2v) is 8.28. The van der Waals surface area contributed by atoms with Crippen molar-refractivity contribution < 1.29 is 9.53 Å². The minimum atomic E-state index is 0. The van der Waals surface area contributed by atoms with E-state index in [1.165, 1.54) is 11.1 Å². The van der Waals surface area contributed by atoms with Gasteiger partial charge in [-0.25, -0.2) is 0 Å². The van der Waals surface area contributed by atoms with Gasteiger partial charge in [-0.2, -0.15) is 0 Å². The topological polar surface area (TPSA) is 32.8 Å². The average molecular weight is 457 g/mol. The van der Waals surface area contributed by atoms with Gasteiger partial charge in [-0.1, -0.05) is 30.3 Å². The van der Waals surface area contributed by atoms with Crippen LogP contribution in [-0.4, -0.2) is 55.5 Å². The molecule has 1 aliphatic rings. The van der Waals surface area contributed by atoms with Gasteiger partial charge in [0.2, 0.25) is 0 Å². The summed E-state index contributed by atoms with van der Waals surface area (Å²) in [6.45, 7) is 12.5. The molecular weight excluding hydrogens is 420 g/mol. The smallest absolute Gasteiger partial charge is 0.253 e. The summed E-state index contributed by atoms with van der Waals surface area (Å²) in [6, 6.07) is 16.7. The molecule has 32 heavy (non-hydrogen) atoms. The van der Waals surface area contributed by atoms with Crippen LogP contribution in [0.3, 0.4) is 0 Å². The molecular formula is C27H37ClN2O2. The maximum absolute atomic E-state index is 12.7. The van der Waals surface area contributed by atoms with E-state index in [9.17, 15) is 4.79 Å². The molecule has 1 unspecified atom stereocenters. The van der Waals surface area contributed by atoms with Crippen molar-refractivity contribution in [2.24, 2.45) is 5.92 Å². The predicted molar refractivity (Wildman–Crippen MR) is 135 cm³/mol. The number of hydrogen-bond acceptors (Lipinski definition) is 3. The van der Waals surface area contributed by atoms with Crippen molar-refractivity contribution in [3.63, 3.8) is 0 Å². The second-order valence-electron chi connectivity index (χ2n) is 8.28. The van der Waals surface area contributed by atoms with Gasteiger partial charge < -0.3 is 9.64 Å². The SMILES string of the molecule is C=CCN1CCC(C(c2ccc(C(=O)N(CC)CC)cc2)c2cccc(OC)c2)CC1.Cl. The number of rotatable bonds is 9. The zero-order chi connectivity index (χ0) is 22.2. The van der Waals surface area contributed by atoms with Crippen LogP contribution < -0.4 is 4.74 Å². The average Bonchev–Trinajstić information content (AvgIpc) is 2.82. The van der Waals surface area contributed by atoms with Crippen LogP contribution in [0.5, 0.6) is 5.75 Å². The first-order chi connectivity index (χ1) is 15.1. The van der Waals surface area contributed by atoms with Gasteiger partial charge in [0.05, 0.1) is 7.11 Å². The molecule has 0 aliphatic carbocycles. The molecule has 1 heterocycles. The quantitative estimate of drug-likeness (QED) is 0.458. The largest absolute Gasteiger partial charge is 0.497 e. The summed E-state index contributed by atoms with van der Waals surface area (Å²) >= 11 is 0. The number of nitrogens with zero attached hydrogens (tertiary/aromatic N) is 2. The maximum Gasteiger partial charge on any atom is 0.253 e. The van der Waals surface area contributed by atoms with E-state index in [4.69, 9.17) is 4.74 Å². The Kier molecular flexibility index (Phi) is 10.3. The van der Waals surface area contributed by atoms with Crippen molar-refractivity contribution in [1.82, 2.24) is 9.80 Å². The van der Waals surface area contributed by atoms with E-state index in [0.717, 1.165) is 56.9 Å².